The number of hydrogen-bond donors (Lipinski definition) is 2. The SMILES string of the molecule is COc1cccc2c1O[C@@H](c1cccc(O)c1)N1N=C(c3cc(C)ccc3O)C[C@H]21. The lowest BCUT2D eigenvalue weighted by Crippen LogP contribution is -2.33. The van der Waals surface area contributed by atoms with E-state index in [-0.39, 0.29) is 17.5 Å². The number of ether oxygens (including phenoxy) is 2. The molecule has 0 bridgehead atoms. The zero-order chi connectivity index (χ0) is 20.8. The van der Waals surface area contributed by atoms with Gasteiger partial charge in [0.1, 0.15) is 11.5 Å². The van der Waals surface area contributed by atoms with Crippen molar-refractivity contribution < 1.29 is 19.7 Å². The Balaban J connectivity index is 1.65. The second kappa shape index (κ2) is 6.99. The van der Waals surface area contributed by atoms with Crippen molar-refractivity contribution in [2.24, 2.45) is 5.10 Å². The van der Waals surface area contributed by atoms with E-state index in [1.165, 1.54) is 0 Å². The Morgan fingerprint density at radius 3 is 2.70 bits per heavy atom. The number of methoxy groups -OCH3 is 1. The van der Waals surface area contributed by atoms with Gasteiger partial charge < -0.3 is 19.7 Å². The summed E-state index contributed by atoms with van der Waals surface area (Å²) in [6, 6.07) is 18.3. The molecule has 0 aliphatic carbocycles. The highest BCUT2D eigenvalue weighted by molar-refractivity contribution is 6.04. The first kappa shape index (κ1) is 18.4. The van der Waals surface area contributed by atoms with Gasteiger partial charge in [-0.1, -0.05) is 35.9 Å². The number of rotatable bonds is 3. The second-order valence-electron chi connectivity index (χ2n) is 7.61. The standard InChI is InChI=1S/C24H22N2O4/c1-14-9-10-21(28)18(11-14)19-13-20-17-7-4-8-22(29-2)23(17)30-24(26(20)25-19)15-5-3-6-16(27)12-15/h3-12,20,24,27-28H,13H2,1-2H3/t20-,24+/m1/s1. The third-order valence-corrected chi connectivity index (χ3v) is 5.62. The van der Waals surface area contributed by atoms with Gasteiger partial charge in [-0.2, -0.15) is 5.10 Å². The van der Waals surface area contributed by atoms with Gasteiger partial charge in [0.2, 0.25) is 6.23 Å². The summed E-state index contributed by atoms with van der Waals surface area (Å²) < 4.78 is 11.9. The molecule has 0 fully saturated rings. The second-order valence-corrected chi connectivity index (χ2v) is 7.61. The van der Waals surface area contributed by atoms with Crippen molar-refractivity contribution in [1.82, 2.24) is 5.01 Å². The fourth-order valence-corrected chi connectivity index (χ4v) is 4.19. The van der Waals surface area contributed by atoms with Crippen LogP contribution in [0.25, 0.3) is 0 Å². The van der Waals surface area contributed by atoms with Crippen LogP contribution >= 0.6 is 0 Å². The van der Waals surface area contributed by atoms with Crippen LogP contribution < -0.4 is 9.47 Å². The zero-order valence-corrected chi connectivity index (χ0v) is 16.7. The van der Waals surface area contributed by atoms with Crippen LogP contribution in [-0.4, -0.2) is 28.0 Å². The van der Waals surface area contributed by atoms with E-state index in [2.05, 4.69) is 0 Å². The third-order valence-electron chi connectivity index (χ3n) is 5.62. The molecule has 0 spiro atoms. The van der Waals surface area contributed by atoms with Gasteiger partial charge in [0.15, 0.2) is 11.5 Å². The molecule has 0 amide bonds. The van der Waals surface area contributed by atoms with Crippen molar-refractivity contribution in [3.8, 4) is 23.0 Å². The van der Waals surface area contributed by atoms with E-state index in [0.29, 0.717) is 17.9 Å². The molecule has 2 heterocycles. The number of phenols is 2. The van der Waals surface area contributed by atoms with Crippen molar-refractivity contribution >= 4 is 5.71 Å². The van der Waals surface area contributed by atoms with E-state index >= 15 is 0 Å². The highest BCUT2D eigenvalue weighted by Crippen LogP contribution is 2.51. The van der Waals surface area contributed by atoms with Gasteiger partial charge in [0, 0.05) is 23.1 Å². The number of phenolic OH excluding ortho intramolecular Hbond substituents is 2. The summed E-state index contributed by atoms with van der Waals surface area (Å²) in [5, 5.41) is 27.2. The van der Waals surface area contributed by atoms with Crippen molar-refractivity contribution in [3.63, 3.8) is 0 Å². The Hall–Kier alpha value is -3.67. The van der Waals surface area contributed by atoms with E-state index in [9.17, 15) is 10.2 Å². The summed E-state index contributed by atoms with van der Waals surface area (Å²) in [6.07, 6.45) is 0.0888. The first-order valence-corrected chi connectivity index (χ1v) is 9.83. The van der Waals surface area contributed by atoms with Gasteiger partial charge in [-0.15, -0.1) is 0 Å². The van der Waals surface area contributed by atoms with E-state index in [4.69, 9.17) is 14.6 Å². The van der Waals surface area contributed by atoms with Crippen LogP contribution in [-0.2, 0) is 0 Å². The summed E-state index contributed by atoms with van der Waals surface area (Å²) in [5.74, 6) is 1.71. The smallest absolute Gasteiger partial charge is 0.214 e. The molecule has 6 nitrogen and oxygen atoms in total. The molecule has 2 aliphatic heterocycles. The number of nitrogens with zero attached hydrogens (tertiary/aromatic N) is 2. The van der Waals surface area contributed by atoms with E-state index < -0.39 is 6.23 Å². The highest BCUT2D eigenvalue weighted by atomic mass is 16.5. The number of hydrogen-bond acceptors (Lipinski definition) is 6. The number of benzene rings is 3. The molecule has 3 aromatic carbocycles. The molecule has 5 rings (SSSR count). The Bertz CT molecular complexity index is 1160. The van der Waals surface area contributed by atoms with Gasteiger partial charge in [-0.25, -0.2) is 5.01 Å². The van der Waals surface area contributed by atoms with Gasteiger partial charge in [0.05, 0.1) is 18.9 Å². The Morgan fingerprint density at radius 2 is 1.90 bits per heavy atom. The molecule has 0 saturated heterocycles. The predicted octanol–water partition coefficient (Wildman–Crippen LogP) is 4.66. The van der Waals surface area contributed by atoms with Crippen LogP contribution in [0.4, 0.5) is 0 Å². The largest absolute Gasteiger partial charge is 0.508 e. The lowest BCUT2D eigenvalue weighted by molar-refractivity contribution is -0.0210. The maximum atomic E-state index is 10.4. The maximum Gasteiger partial charge on any atom is 0.214 e. The van der Waals surface area contributed by atoms with Crippen LogP contribution in [0.3, 0.4) is 0 Å². The number of aryl methyl sites for hydroxylation is 1. The highest BCUT2D eigenvalue weighted by Gasteiger charge is 2.42. The normalized spacial score (nSPS) is 19.5. The van der Waals surface area contributed by atoms with E-state index in [1.54, 1.807) is 31.4 Å². The van der Waals surface area contributed by atoms with Crippen molar-refractivity contribution in [2.45, 2.75) is 25.6 Å². The van der Waals surface area contributed by atoms with Gasteiger partial charge in [0.25, 0.3) is 0 Å². The Kier molecular flexibility index (Phi) is 4.28. The van der Waals surface area contributed by atoms with Gasteiger partial charge >= 0.3 is 0 Å². The molecule has 0 unspecified atom stereocenters. The molecule has 2 atom stereocenters. The predicted molar refractivity (Wildman–Crippen MR) is 113 cm³/mol. The molecular weight excluding hydrogens is 380 g/mol. The average Bonchev–Trinajstić information content (AvgIpc) is 3.20. The first-order chi connectivity index (χ1) is 14.5. The van der Waals surface area contributed by atoms with Crippen molar-refractivity contribution in [2.75, 3.05) is 7.11 Å². The maximum absolute atomic E-state index is 10.4. The van der Waals surface area contributed by atoms with Crippen LogP contribution in [0.1, 0.15) is 40.9 Å². The fraction of sp³-hybridized carbons (Fsp3) is 0.208. The Labute approximate surface area is 174 Å². The topological polar surface area (TPSA) is 74.5 Å². The monoisotopic (exact) mass is 402 g/mol. The number of fused-ring (bicyclic) bond motifs is 3. The molecule has 152 valence electrons. The summed E-state index contributed by atoms with van der Waals surface area (Å²) in [5.41, 5.74) is 4.35. The van der Waals surface area contributed by atoms with Crippen molar-refractivity contribution in [1.29, 1.82) is 0 Å². The summed E-state index contributed by atoms with van der Waals surface area (Å²) in [7, 11) is 1.62. The molecule has 0 saturated carbocycles. The van der Waals surface area contributed by atoms with Crippen molar-refractivity contribution in [3.05, 3.63) is 82.9 Å². The molecule has 2 N–H and O–H groups in total. The lowest BCUT2D eigenvalue weighted by atomic mass is 9.94. The number of aromatic hydroxyl groups is 2. The summed E-state index contributed by atoms with van der Waals surface area (Å²) in [4.78, 5) is 0. The molecule has 3 aromatic rings. The average molecular weight is 402 g/mol. The molecule has 0 radical (unpaired) electrons. The van der Waals surface area contributed by atoms with Gasteiger partial charge in [-0.3, -0.25) is 0 Å². The first-order valence-electron chi connectivity index (χ1n) is 9.83. The minimum atomic E-state index is -0.532. The quantitative estimate of drug-likeness (QED) is 0.667. The zero-order valence-electron chi connectivity index (χ0n) is 16.7. The number of hydrazone groups is 1. The summed E-state index contributed by atoms with van der Waals surface area (Å²) >= 11 is 0. The molecule has 2 aliphatic rings. The van der Waals surface area contributed by atoms with Crippen LogP contribution in [0, 0.1) is 6.92 Å². The Morgan fingerprint density at radius 1 is 1.07 bits per heavy atom. The van der Waals surface area contributed by atoms with Crippen LogP contribution in [0.2, 0.25) is 0 Å². The van der Waals surface area contributed by atoms with Gasteiger partial charge in [-0.05, 0) is 37.3 Å². The molecule has 30 heavy (non-hydrogen) atoms. The summed E-state index contributed by atoms with van der Waals surface area (Å²) in [6.45, 7) is 1.99. The molecule has 6 heteroatoms. The minimum Gasteiger partial charge on any atom is -0.508 e. The van der Waals surface area contributed by atoms with Crippen LogP contribution in [0.15, 0.2) is 65.8 Å². The number of para-hydroxylation sites is 1. The molecular formula is C24H22N2O4. The lowest BCUT2D eigenvalue weighted by Gasteiger charge is -2.38. The molecule has 0 aromatic heterocycles. The fourth-order valence-electron chi connectivity index (χ4n) is 4.19. The van der Waals surface area contributed by atoms with E-state index in [1.807, 2.05) is 48.3 Å². The van der Waals surface area contributed by atoms with E-state index in [0.717, 1.165) is 28.0 Å². The third kappa shape index (κ3) is 2.92. The minimum absolute atomic E-state index is 0.0777. The van der Waals surface area contributed by atoms with Crippen LogP contribution in [0.5, 0.6) is 23.0 Å².